The maximum absolute atomic E-state index is 12.7. The van der Waals surface area contributed by atoms with Gasteiger partial charge in [-0.1, -0.05) is 6.07 Å². The van der Waals surface area contributed by atoms with Crippen LogP contribution in [0.1, 0.15) is 28.9 Å². The first-order valence-corrected chi connectivity index (χ1v) is 10.5. The summed E-state index contributed by atoms with van der Waals surface area (Å²) in [5.74, 6) is 0.636. The summed E-state index contributed by atoms with van der Waals surface area (Å²) < 4.78 is 39.7. The van der Waals surface area contributed by atoms with Gasteiger partial charge in [-0.25, -0.2) is 0 Å². The third kappa shape index (κ3) is 4.32. The minimum atomic E-state index is -4.55. The number of nitrogens with one attached hydrogen (secondary N) is 1. The van der Waals surface area contributed by atoms with Crippen molar-refractivity contribution >= 4 is 29.2 Å². The third-order valence-electron chi connectivity index (χ3n) is 5.71. The Hall–Kier alpha value is -3.70. The van der Waals surface area contributed by atoms with Crippen molar-refractivity contribution in [2.45, 2.75) is 19.0 Å². The molecule has 5 rings (SSSR count). The van der Waals surface area contributed by atoms with E-state index in [-0.39, 0.29) is 29.2 Å². The van der Waals surface area contributed by atoms with Crippen LogP contribution >= 0.6 is 0 Å². The molecule has 0 aromatic carbocycles. The first-order valence-electron chi connectivity index (χ1n) is 10.5. The minimum Gasteiger partial charge on any atom is -0.353 e. The molecule has 2 fully saturated rings. The monoisotopic (exact) mass is 459 g/mol. The van der Waals surface area contributed by atoms with E-state index < -0.39 is 11.9 Å². The third-order valence-corrected chi connectivity index (χ3v) is 5.71. The van der Waals surface area contributed by atoms with Crippen LogP contribution in [0.4, 0.5) is 24.9 Å². The van der Waals surface area contributed by atoms with Crippen LogP contribution in [0.15, 0.2) is 36.5 Å². The molecule has 3 aromatic heterocycles. The number of aromatic nitrogens is 4. The van der Waals surface area contributed by atoms with E-state index in [0.29, 0.717) is 31.8 Å². The van der Waals surface area contributed by atoms with E-state index in [1.165, 1.54) is 0 Å². The Balaban J connectivity index is 1.26. The average Bonchev–Trinajstić information content (AvgIpc) is 3.58. The number of hydrogen-bond acceptors (Lipinski definition) is 6. The second-order valence-electron chi connectivity index (χ2n) is 8.06. The van der Waals surface area contributed by atoms with E-state index in [9.17, 15) is 22.8 Å². The number of fused-ring (bicyclic) bond motifs is 1. The molecule has 1 aliphatic carbocycles. The van der Waals surface area contributed by atoms with Crippen LogP contribution in [0.5, 0.6) is 0 Å². The van der Waals surface area contributed by atoms with Crippen molar-refractivity contribution in [3.05, 3.63) is 47.8 Å². The van der Waals surface area contributed by atoms with Crippen molar-refractivity contribution in [1.29, 1.82) is 0 Å². The van der Waals surface area contributed by atoms with Gasteiger partial charge in [-0.15, -0.1) is 5.10 Å². The Morgan fingerprint density at radius 3 is 2.42 bits per heavy atom. The zero-order valence-corrected chi connectivity index (χ0v) is 17.4. The van der Waals surface area contributed by atoms with Crippen molar-refractivity contribution in [2.24, 2.45) is 5.92 Å². The van der Waals surface area contributed by atoms with E-state index in [1.807, 2.05) is 17.0 Å². The van der Waals surface area contributed by atoms with Gasteiger partial charge in [-0.2, -0.15) is 22.7 Å². The molecule has 12 heteroatoms. The van der Waals surface area contributed by atoms with E-state index >= 15 is 0 Å². The first kappa shape index (κ1) is 21.2. The zero-order valence-electron chi connectivity index (χ0n) is 17.4. The predicted octanol–water partition coefficient (Wildman–Crippen LogP) is 2.45. The first-order chi connectivity index (χ1) is 15.8. The molecule has 0 atom stereocenters. The molecule has 0 bridgehead atoms. The molecule has 33 heavy (non-hydrogen) atoms. The van der Waals surface area contributed by atoms with Crippen LogP contribution in [-0.4, -0.2) is 62.5 Å². The van der Waals surface area contributed by atoms with Gasteiger partial charge < -0.3 is 9.80 Å². The van der Waals surface area contributed by atoms with E-state index in [2.05, 4.69) is 20.4 Å². The van der Waals surface area contributed by atoms with Crippen LogP contribution in [-0.2, 0) is 11.0 Å². The lowest BCUT2D eigenvalue weighted by Crippen LogP contribution is -2.49. The second-order valence-corrected chi connectivity index (χ2v) is 8.06. The van der Waals surface area contributed by atoms with Gasteiger partial charge in [0.15, 0.2) is 5.65 Å². The zero-order chi connectivity index (χ0) is 23.2. The molecule has 0 radical (unpaired) electrons. The number of amides is 2. The molecule has 3 aromatic rings. The van der Waals surface area contributed by atoms with Crippen molar-refractivity contribution in [3.8, 4) is 0 Å². The number of rotatable bonds is 4. The Morgan fingerprint density at radius 1 is 1.03 bits per heavy atom. The largest absolute Gasteiger partial charge is 0.433 e. The highest BCUT2D eigenvalue weighted by Gasteiger charge is 2.33. The quantitative estimate of drug-likeness (QED) is 0.644. The smallest absolute Gasteiger partial charge is 0.353 e. The van der Waals surface area contributed by atoms with Crippen LogP contribution in [0.2, 0.25) is 0 Å². The predicted molar refractivity (Wildman–Crippen MR) is 112 cm³/mol. The number of halogens is 3. The number of alkyl halides is 3. The highest BCUT2D eigenvalue weighted by Crippen LogP contribution is 2.30. The van der Waals surface area contributed by atoms with Crippen molar-refractivity contribution in [3.63, 3.8) is 0 Å². The topological polar surface area (TPSA) is 95.7 Å². The molecule has 2 amide bonds. The molecule has 1 aliphatic heterocycles. The van der Waals surface area contributed by atoms with Crippen molar-refractivity contribution < 1.29 is 22.8 Å². The lowest BCUT2D eigenvalue weighted by molar-refractivity contribution is -0.141. The highest BCUT2D eigenvalue weighted by atomic mass is 19.4. The standard InChI is InChI=1S/C21H20F3N7O2/c22-21(23,24)15-7-6-14(12-25-15)19(33)30-10-8-29(9-11-30)17-3-1-2-16-26-20(28-31(16)17)27-18(32)13-4-5-13/h1-3,6-7,12-13H,4-5,8-11H2,(H,27,28,32). The summed E-state index contributed by atoms with van der Waals surface area (Å²) in [6.45, 7) is 1.78. The minimum absolute atomic E-state index is 0.0431. The molecule has 1 saturated heterocycles. The van der Waals surface area contributed by atoms with E-state index in [0.717, 1.165) is 37.0 Å². The van der Waals surface area contributed by atoms with E-state index in [1.54, 1.807) is 15.5 Å². The molecule has 9 nitrogen and oxygen atoms in total. The summed E-state index contributed by atoms with van der Waals surface area (Å²) in [5, 5.41) is 7.17. The lowest BCUT2D eigenvalue weighted by Gasteiger charge is -2.35. The summed E-state index contributed by atoms with van der Waals surface area (Å²) in [4.78, 5) is 36.1. The maximum Gasteiger partial charge on any atom is 0.433 e. The molecule has 4 heterocycles. The Morgan fingerprint density at radius 2 is 1.79 bits per heavy atom. The SMILES string of the molecule is O=C(Nc1nc2cccc(N3CCN(C(=O)c4ccc(C(F)(F)F)nc4)CC3)n2n1)C1CC1. The van der Waals surface area contributed by atoms with Crippen LogP contribution < -0.4 is 10.2 Å². The Labute approximate surface area is 186 Å². The fourth-order valence-electron chi connectivity index (χ4n) is 3.75. The number of anilines is 2. The van der Waals surface area contributed by atoms with Gasteiger partial charge in [-0.3, -0.25) is 19.9 Å². The lowest BCUT2D eigenvalue weighted by atomic mass is 10.2. The number of carbonyl (C=O) groups is 2. The summed E-state index contributed by atoms with van der Waals surface area (Å²) in [6, 6.07) is 7.48. The molecule has 0 spiro atoms. The summed E-state index contributed by atoms with van der Waals surface area (Å²) >= 11 is 0. The maximum atomic E-state index is 12.7. The number of pyridine rings is 2. The molecule has 172 valence electrons. The van der Waals surface area contributed by atoms with Crippen LogP contribution in [0.3, 0.4) is 0 Å². The molecular formula is C21H20F3N7O2. The number of piperazine rings is 1. The molecule has 0 unspecified atom stereocenters. The fraction of sp³-hybridized carbons (Fsp3) is 0.381. The van der Waals surface area contributed by atoms with Gasteiger partial charge in [0.25, 0.3) is 5.91 Å². The van der Waals surface area contributed by atoms with Gasteiger partial charge in [0, 0.05) is 38.3 Å². The fourth-order valence-corrected chi connectivity index (χ4v) is 3.75. The summed E-state index contributed by atoms with van der Waals surface area (Å²) in [5.41, 5.74) is -0.323. The summed E-state index contributed by atoms with van der Waals surface area (Å²) in [7, 11) is 0. The summed E-state index contributed by atoms with van der Waals surface area (Å²) in [6.07, 6.45) is -1.81. The highest BCUT2D eigenvalue weighted by molar-refractivity contribution is 5.94. The number of carbonyl (C=O) groups excluding carboxylic acids is 2. The van der Waals surface area contributed by atoms with E-state index in [4.69, 9.17) is 0 Å². The van der Waals surface area contributed by atoms with Crippen LogP contribution in [0, 0.1) is 5.92 Å². The number of nitrogens with zero attached hydrogens (tertiary/aromatic N) is 6. The Bertz CT molecular complexity index is 1200. The molecule has 1 saturated carbocycles. The normalized spacial score (nSPS) is 16.8. The second kappa shape index (κ2) is 8.01. The van der Waals surface area contributed by atoms with Crippen LogP contribution in [0.25, 0.3) is 5.65 Å². The molecule has 2 aliphatic rings. The van der Waals surface area contributed by atoms with Crippen molar-refractivity contribution in [2.75, 3.05) is 36.4 Å². The molecule has 1 N–H and O–H groups in total. The van der Waals surface area contributed by atoms with Gasteiger partial charge in [0.05, 0.1) is 5.56 Å². The van der Waals surface area contributed by atoms with Gasteiger partial charge >= 0.3 is 6.18 Å². The van der Waals surface area contributed by atoms with Gasteiger partial charge in [-0.05, 0) is 37.1 Å². The molecular weight excluding hydrogens is 439 g/mol. The average molecular weight is 459 g/mol. The van der Waals surface area contributed by atoms with Crippen molar-refractivity contribution in [1.82, 2.24) is 24.5 Å². The number of hydrogen-bond donors (Lipinski definition) is 1. The van der Waals surface area contributed by atoms with Gasteiger partial charge in [0.1, 0.15) is 11.5 Å². The Kier molecular flexibility index (Phi) is 5.14. The van der Waals surface area contributed by atoms with Gasteiger partial charge in [0.2, 0.25) is 11.9 Å².